The van der Waals surface area contributed by atoms with E-state index in [0.29, 0.717) is 48.1 Å². The summed E-state index contributed by atoms with van der Waals surface area (Å²) in [6.45, 7) is 0.812. The fourth-order valence-electron chi connectivity index (χ4n) is 3.93. The van der Waals surface area contributed by atoms with Crippen LogP contribution in [-0.4, -0.2) is 55.2 Å². The molecule has 4 rings (SSSR count). The van der Waals surface area contributed by atoms with Gasteiger partial charge in [-0.25, -0.2) is 0 Å². The van der Waals surface area contributed by atoms with Crippen molar-refractivity contribution in [1.82, 2.24) is 4.90 Å². The summed E-state index contributed by atoms with van der Waals surface area (Å²) in [5.74, 6) is -0.0848. The highest BCUT2D eigenvalue weighted by molar-refractivity contribution is 8.01. The molecule has 174 valence electrons. The first-order valence-corrected chi connectivity index (χ1v) is 11.7. The number of anilines is 2. The lowest BCUT2D eigenvalue weighted by Crippen LogP contribution is -2.48. The Morgan fingerprint density at radius 3 is 2.52 bits per heavy atom. The third kappa shape index (κ3) is 4.89. The molecule has 2 aromatic carbocycles. The van der Waals surface area contributed by atoms with E-state index in [0.717, 1.165) is 10.6 Å². The maximum atomic E-state index is 13.0. The number of hydrogen-bond donors (Lipinski definition) is 2. The number of benzene rings is 2. The third-order valence-corrected chi connectivity index (χ3v) is 7.32. The number of halogens is 1. The van der Waals surface area contributed by atoms with Crippen LogP contribution >= 0.6 is 23.4 Å². The van der Waals surface area contributed by atoms with Crippen molar-refractivity contribution in [2.45, 2.75) is 23.0 Å². The number of fused-ring (bicyclic) bond motifs is 1. The first-order valence-electron chi connectivity index (χ1n) is 10.5. The molecule has 0 unspecified atom stereocenters. The van der Waals surface area contributed by atoms with Crippen molar-refractivity contribution in [3.8, 4) is 11.5 Å². The molecule has 8 nitrogen and oxygen atoms in total. The Kier molecular flexibility index (Phi) is 6.99. The van der Waals surface area contributed by atoms with Gasteiger partial charge < -0.3 is 25.0 Å². The second kappa shape index (κ2) is 9.93. The summed E-state index contributed by atoms with van der Waals surface area (Å²) in [4.78, 5) is 40.9. The predicted octanol–water partition coefficient (Wildman–Crippen LogP) is 3.65. The molecule has 0 spiro atoms. The Morgan fingerprint density at radius 2 is 1.82 bits per heavy atom. The highest BCUT2D eigenvalue weighted by Crippen LogP contribution is 2.38. The highest BCUT2D eigenvalue weighted by atomic mass is 35.5. The van der Waals surface area contributed by atoms with E-state index in [1.165, 1.54) is 26.0 Å². The summed E-state index contributed by atoms with van der Waals surface area (Å²) in [6.07, 6.45) is 0.999. The summed E-state index contributed by atoms with van der Waals surface area (Å²) >= 11 is 7.45. The van der Waals surface area contributed by atoms with Crippen LogP contribution in [0.5, 0.6) is 11.5 Å². The second-order valence-electron chi connectivity index (χ2n) is 7.76. The Balaban J connectivity index is 1.36. The van der Waals surface area contributed by atoms with E-state index in [2.05, 4.69) is 10.6 Å². The maximum absolute atomic E-state index is 13.0. The summed E-state index contributed by atoms with van der Waals surface area (Å²) in [5, 5.41) is 5.21. The molecule has 2 heterocycles. The van der Waals surface area contributed by atoms with Crippen LogP contribution in [0.25, 0.3) is 0 Å². The molecule has 1 atom stereocenters. The van der Waals surface area contributed by atoms with Crippen LogP contribution in [-0.2, 0) is 14.4 Å². The number of methoxy groups -OCH3 is 2. The number of nitrogens with zero attached hydrogens (tertiary/aromatic N) is 1. The van der Waals surface area contributed by atoms with Crippen LogP contribution in [0.4, 0.5) is 11.4 Å². The van der Waals surface area contributed by atoms with Crippen molar-refractivity contribution in [3.05, 3.63) is 41.4 Å². The van der Waals surface area contributed by atoms with Gasteiger partial charge in [0.15, 0.2) is 5.25 Å². The van der Waals surface area contributed by atoms with Gasteiger partial charge >= 0.3 is 0 Å². The van der Waals surface area contributed by atoms with Crippen molar-refractivity contribution in [2.75, 3.05) is 37.9 Å². The zero-order valence-electron chi connectivity index (χ0n) is 18.2. The van der Waals surface area contributed by atoms with Crippen molar-refractivity contribution >= 4 is 52.5 Å². The molecular formula is C23H24ClN3O5S. The first kappa shape index (κ1) is 23.3. The Labute approximate surface area is 200 Å². The zero-order valence-corrected chi connectivity index (χ0v) is 19.8. The van der Waals surface area contributed by atoms with E-state index in [-0.39, 0.29) is 23.6 Å². The summed E-state index contributed by atoms with van der Waals surface area (Å²) < 4.78 is 10.5. The van der Waals surface area contributed by atoms with Gasteiger partial charge in [0, 0.05) is 30.0 Å². The molecule has 2 aliphatic rings. The van der Waals surface area contributed by atoms with E-state index in [4.69, 9.17) is 21.1 Å². The number of likely N-dealkylation sites (tertiary alicyclic amines) is 1. The number of piperidine rings is 1. The van der Waals surface area contributed by atoms with E-state index in [1.807, 2.05) is 24.3 Å². The number of amides is 3. The van der Waals surface area contributed by atoms with E-state index in [9.17, 15) is 14.4 Å². The smallest absolute Gasteiger partial charge is 0.247 e. The zero-order chi connectivity index (χ0) is 23.5. The van der Waals surface area contributed by atoms with Crippen molar-refractivity contribution in [1.29, 1.82) is 0 Å². The van der Waals surface area contributed by atoms with Crippen LogP contribution in [0.15, 0.2) is 41.3 Å². The minimum atomic E-state index is -0.823. The lowest BCUT2D eigenvalue weighted by molar-refractivity contribution is -0.136. The van der Waals surface area contributed by atoms with Crippen LogP contribution < -0.4 is 20.1 Å². The molecule has 1 saturated heterocycles. The molecule has 2 aliphatic heterocycles. The fraction of sp³-hybridized carbons (Fsp3) is 0.348. The van der Waals surface area contributed by atoms with E-state index >= 15 is 0 Å². The summed E-state index contributed by atoms with van der Waals surface area (Å²) in [6, 6.07) is 10.6. The number of para-hydroxylation sites is 1. The predicted molar refractivity (Wildman–Crippen MR) is 127 cm³/mol. The lowest BCUT2D eigenvalue weighted by Gasteiger charge is -2.34. The van der Waals surface area contributed by atoms with Crippen LogP contribution in [0.2, 0.25) is 5.02 Å². The molecule has 0 bridgehead atoms. The van der Waals surface area contributed by atoms with Gasteiger partial charge in [-0.3, -0.25) is 14.4 Å². The first-order chi connectivity index (χ1) is 15.9. The molecule has 1 fully saturated rings. The number of nitrogens with one attached hydrogen (secondary N) is 2. The molecule has 0 aliphatic carbocycles. The molecule has 3 amide bonds. The van der Waals surface area contributed by atoms with E-state index < -0.39 is 5.25 Å². The van der Waals surface area contributed by atoms with Crippen molar-refractivity contribution in [2.24, 2.45) is 5.92 Å². The molecule has 2 N–H and O–H groups in total. The van der Waals surface area contributed by atoms with Gasteiger partial charge in [0.05, 0.1) is 30.6 Å². The minimum Gasteiger partial charge on any atom is -0.495 e. The van der Waals surface area contributed by atoms with E-state index in [1.54, 1.807) is 17.0 Å². The van der Waals surface area contributed by atoms with Crippen molar-refractivity contribution < 1.29 is 23.9 Å². The van der Waals surface area contributed by atoms with Gasteiger partial charge in [-0.2, -0.15) is 0 Å². The van der Waals surface area contributed by atoms with Crippen LogP contribution in [0.1, 0.15) is 12.8 Å². The van der Waals surface area contributed by atoms with Gasteiger partial charge in [0.1, 0.15) is 11.5 Å². The standard InChI is InChI=1S/C23H24ClN3O5S/c1-31-17-12-18(32-2)16(11-14(17)24)26-21(28)13-7-9-27(10-8-13)23(30)20-22(29)25-15-5-3-4-6-19(15)33-20/h3-6,11-13,20H,7-10H2,1-2H3,(H,25,29)(H,26,28)/t20-/m1/s1. The Morgan fingerprint density at radius 1 is 1.12 bits per heavy atom. The summed E-state index contributed by atoms with van der Waals surface area (Å²) in [7, 11) is 3.00. The SMILES string of the molecule is COc1cc(OC)c(NC(=O)C2CCN(C(=O)[C@@H]3Sc4ccccc4NC3=O)CC2)cc1Cl. The van der Waals surface area contributed by atoms with Crippen molar-refractivity contribution in [3.63, 3.8) is 0 Å². The molecule has 0 radical (unpaired) electrons. The number of ether oxygens (including phenoxy) is 2. The molecule has 10 heteroatoms. The number of carbonyl (C=O) groups is 3. The molecule has 0 aromatic heterocycles. The largest absolute Gasteiger partial charge is 0.495 e. The van der Waals surface area contributed by atoms with Gasteiger partial charge in [0.25, 0.3) is 0 Å². The van der Waals surface area contributed by atoms with Crippen LogP contribution in [0, 0.1) is 5.92 Å². The molecule has 2 aromatic rings. The molecular weight excluding hydrogens is 466 g/mol. The van der Waals surface area contributed by atoms with Crippen LogP contribution in [0.3, 0.4) is 0 Å². The topological polar surface area (TPSA) is 97.0 Å². The summed E-state index contributed by atoms with van der Waals surface area (Å²) in [5.41, 5.74) is 1.18. The average Bonchev–Trinajstić information content (AvgIpc) is 2.83. The monoisotopic (exact) mass is 489 g/mol. The highest BCUT2D eigenvalue weighted by Gasteiger charge is 2.37. The molecule has 33 heavy (non-hydrogen) atoms. The maximum Gasteiger partial charge on any atom is 0.247 e. The van der Waals surface area contributed by atoms with Gasteiger partial charge in [-0.15, -0.1) is 11.8 Å². The average molecular weight is 490 g/mol. The quantitative estimate of drug-likeness (QED) is 0.622. The normalized spacial score (nSPS) is 18.2. The second-order valence-corrected chi connectivity index (χ2v) is 9.31. The molecule has 0 saturated carbocycles. The fourth-order valence-corrected chi connectivity index (χ4v) is 5.25. The van der Waals surface area contributed by atoms with Gasteiger partial charge in [-0.1, -0.05) is 23.7 Å². The Hall–Kier alpha value is -2.91. The third-order valence-electron chi connectivity index (χ3n) is 5.76. The van der Waals surface area contributed by atoms with Gasteiger partial charge in [-0.05, 0) is 31.0 Å². The minimum absolute atomic E-state index is 0.166. The number of carbonyl (C=O) groups excluding carboxylic acids is 3. The number of hydrogen-bond acceptors (Lipinski definition) is 6. The lowest BCUT2D eigenvalue weighted by atomic mass is 9.95. The Bertz CT molecular complexity index is 1090. The van der Waals surface area contributed by atoms with Gasteiger partial charge in [0.2, 0.25) is 17.7 Å². The number of rotatable bonds is 5. The number of thioether (sulfide) groups is 1.